The van der Waals surface area contributed by atoms with Crippen molar-refractivity contribution >= 4 is 11.8 Å². The van der Waals surface area contributed by atoms with Crippen molar-refractivity contribution in [1.82, 2.24) is 5.32 Å². The quantitative estimate of drug-likeness (QED) is 0.865. The molecule has 1 N–H and O–H groups in total. The van der Waals surface area contributed by atoms with Gasteiger partial charge in [-0.3, -0.25) is 0 Å². The molecule has 0 saturated carbocycles. The van der Waals surface area contributed by atoms with Crippen LogP contribution in [0.15, 0.2) is 0 Å². The minimum Gasteiger partial charge on any atom is -0.377 e. The van der Waals surface area contributed by atoms with E-state index in [9.17, 15) is 0 Å². The Kier molecular flexibility index (Phi) is 5.29. The molecule has 116 valence electrons. The van der Waals surface area contributed by atoms with Crippen molar-refractivity contribution in [2.75, 3.05) is 31.3 Å². The molecule has 3 aliphatic rings. The fourth-order valence-electron chi connectivity index (χ4n) is 4.19. The molecule has 3 atom stereocenters. The minimum atomic E-state index is 0.195. The van der Waals surface area contributed by atoms with Crippen LogP contribution in [0.3, 0.4) is 0 Å². The van der Waals surface area contributed by atoms with Crippen LogP contribution in [-0.4, -0.2) is 49.0 Å². The van der Waals surface area contributed by atoms with E-state index in [-0.39, 0.29) is 5.60 Å². The molecule has 3 aliphatic heterocycles. The zero-order valence-electron chi connectivity index (χ0n) is 12.7. The number of hydrogen-bond donors (Lipinski definition) is 1. The summed E-state index contributed by atoms with van der Waals surface area (Å²) in [6.07, 6.45) is 7.84. The summed E-state index contributed by atoms with van der Waals surface area (Å²) in [6, 6.07) is 0.540. The molecule has 4 heteroatoms. The second kappa shape index (κ2) is 6.99. The van der Waals surface area contributed by atoms with Gasteiger partial charge in [-0.1, -0.05) is 6.92 Å². The molecule has 3 fully saturated rings. The van der Waals surface area contributed by atoms with Gasteiger partial charge in [0, 0.05) is 19.3 Å². The van der Waals surface area contributed by atoms with Crippen LogP contribution in [0.1, 0.15) is 45.4 Å². The summed E-state index contributed by atoms with van der Waals surface area (Å²) in [6.45, 7) is 5.17. The van der Waals surface area contributed by atoms with Gasteiger partial charge in [-0.2, -0.15) is 11.8 Å². The lowest BCUT2D eigenvalue weighted by atomic mass is 9.77. The fourth-order valence-corrected chi connectivity index (χ4v) is 5.42. The number of likely N-dealkylation sites (N-methyl/N-ethyl adjacent to an activating group) is 1. The Hall–Kier alpha value is 0.230. The molecular weight excluding hydrogens is 270 g/mol. The number of ether oxygens (including phenoxy) is 2. The fraction of sp³-hybridized carbons (Fsp3) is 1.00. The second-order valence-corrected chi connectivity index (χ2v) is 7.76. The first-order valence-corrected chi connectivity index (χ1v) is 9.55. The summed E-state index contributed by atoms with van der Waals surface area (Å²) >= 11 is 2.09. The van der Waals surface area contributed by atoms with Gasteiger partial charge in [0.2, 0.25) is 0 Å². The molecule has 0 aromatic rings. The standard InChI is InChI=1S/C16H29NO2S/c1-2-17-15(14-4-3-8-18-14)13-5-9-19-16(12-13)6-10-20-11-7-16/h13-15,17H,2-12H2,1H3. The molecule has 0 aromatic carbocycles. The SMILES string of the molecule is CCNC(C1CCOC2(CCSCC2)C1)C1CCCO1. The van der Waals surface area contributed by atoms with Crippen LogP contribution in [0.4, 0.5) is 0 Å². The third-order valence-electron chi connectivity index (χ3n) is 5.25. The Morgan fingerprint density at radius 1 is 1.25 bits per heavy atom. The topological polar surface area (TPSA) is 30.5 Å². The molecule has 3 saturated heterocycles. The molecule has 0 radical (unpaired) electrons. The van der Waals surface area contributed by atoms with Crippen molar-refractivity contribution in [3.8, 4) is 0 Å². The zero-order valence-corrected chi connectivity index (χ0v) is 13.6. The predicted octanol–water partition coefficient (Wildman–Crippen LogP) is 2.84. The highest BCUT2D eigenvalue weighted by atomic mass is 32.2. The smallest absolute Gasteiger partial charge is 0.0731 e. The van der Waals surface area contributed by atoms with Crippen molar-refractivity contribution in [1.29, 1.82) is 0 Å². The van der Waals surface area contributed by atoms with Crippen molar-refractivity contribution < 1.29 is 9.47 Å². The third kappa shape index (κ3) is 3.34. The van der Waals surface area contributed by atoms with Gasteiger partial charge >= 0.3 is 0 Å². The Labute approximate surface area is 127 Å². The molecule has 3 rings (SSSR count). The van der Waals surface area contributed by atoms with Crippen LogP contribution in [0.5, 0.6) is 0 Å². The zero-order chi connectivity index (χ0) is 13.8. The lowest BCUT2D eigenvalue weighted by Gasteiger charge is -2.46. The lowest BCUT2D eigenvalue weighted by molar-refractivity contribution is -0.114. The summed E-state index contributed by atoms with van der Waals surface area (Å²) < 4.78 is 12.2. The van der Waals surface area contributed by atoms with Crippen LogP contribution < -0.4 is 5.32 Å². The summed E-state index contributed by atoms with van der Waals surface area (Å²) in [5, 5.41) is 3.73. The molecule has 0 aliphatic carbocycles. The van der Waals surface area contributed by atoms with E-state index < -0.39 is 0 Å². The van der Waals surface area contributed by atoms with E-state index in [0.717, 1.165) is 25.7 Å². The highest BCUT2D eigenvalue weighted by molar-refractivity contribution is 7.99. The highest BCUT2D eigenvalue weighted by Crippen LogP contribution is 2.41. The van der Waals surface area contributed by atoms with Crippen LogP contribution in [-0.2, 0) is 9.47 Å². The van der Waals surface area contributed by atoms with Crippen molar-refractivity contribution in [3.63, 3.8) is 0 Å². The largest absolute Gasteiger partial charge is 0.377 e. The first-order chi connectivity index (χ1) is 9.83. The average Bonchev–Trinajstić information content (AvgIpc) is 2.99. The first kappa shape index (κ1) is 15.1. The Bertz CT molecular complexity index is 295. The van der Waals surface area contributed by atoms with E-state index in [1.165, 1.54) is 50.0 Å². The van der Waals surface area contributed by atoms with Gasteiger partial charge in [0.15, 0.2) is 0 Å². The summed E-state index contributed by atoms with van der Waals surface area (Å²) in [5.74, 6) is 3.28. The predicted molar refractivity (Wildman–Crippen MR) is 84.4 cm³/mol. The maximum atomic E-state index is 6.25. The van der Waals surface area contributed by atoms with Gasteiger partial charge in [-0.25, -0.2) is 0 Å². The van der Waals surface area contributed by atoms with E-state index in [4.69, 9.17) is 9.47 Å². The van der Waals surface area contributed by atoms with Crippen molar-refractivity contribution in [3.05, 3.63) is 0 Å². The molecule has 20 heavy (non-hydrogen) atoms. The molecule has 0 aromatic heterocycles. The van der Waals surface area contributed by atoms with Crippen molar-refractivity contribution in [2.45, 2.75) is 63.2 Å². The van der Waals surface area contributed by atoms with Gasteiger partial charge in [0.05, 0.1) is 11.7 Å². The molecule has 0 amide bonds. The maximum absolute atomic E-state index is 6.25. The van der Waals surface area contributed by atoms with Crippen LogP contribution in [0.2, 0.25) is 0 Å². The van der Waals surface area contributed by atoms with Crippen molar-refractivity contribution in [2.24, 2.45) is 5.92 Å². The summed E-state index contributed by atoms with van der Waals surface area (Å²) in [7, 11) is 0. The monoisotopic (exact) mass is 299 g/mol. The van der Waals surface area contributed by atoms with E-state index in [0.29, 0.717) is 12.1 Å². The van der Waals surface area contributed by atoms with Crippen LogP contribution in [0.25, 0.3) is 0 Å². The highest BCUT2D eigenvalue weighted by Gasteiger charge is 2.43. The van der Waals surface area contributed by atoms with Crippen LogP contribution in [0, 0.1) is 5.92 Å². The lowest BCUT2D eigenvalue weighted by Crippen LogP contribution is -2.52. The Morgan fingerprint density at radius 2 is 2.10 bits per heavy atom. The Balaban J connectivity index is 1.66. The van der Waals surface area contributed by atoms with E-state index in [1.54, 1.807) is 0 Å². The normalized spacial score (nSPS) is 35.2. The maximum Gasteiger partial charge on any atom is 0.0731 e. The van der Waals surface area contributed by atoms with Gasteiger partial charge in [-0.05, 0) is 62.5 Å². The average molecular weight is 299 g/mol. The number of thioether (sulfide) groups is 1. The van der Waals surface area contributed by atoms with Crippen LogP contribution >= 0.6 is 11.8 Å². The molecule has 0 bridgehead atoms. The minimum absolute atomic E-state index is 0.195. The van der Waals surface area contributed by atoms with Gasteiger partial charge < -0.3 is 14.8 Å². The van der Waals surface area contributed by atoms with Gasteiger partial charge in [0.25, 0.3) is 0 Å². The Morgan fingerprint density at radius 3 is 2.80 bits per heavy atom. The van der Waals surface area contributed by atoms with E-state index in [2.05, 4.69) is 24.0 Å². The molecule has 3 nitrogen and oxygen atoms in total. The first-order valence-electron chi connectivity index (χ1n) is 8.40. The second-order valence-electron chi connectivity index (χ2n) is 6.53. The molecular formula is C16H29NO2S. The van der Waals surface area contributed by atoms with E-state index in [1.807, 2.05) is 0 Å². The summed E-state index contributed by atoms with van der Waals surface area (Å²) in [4.78, 5) is 0. The molecule has 3 heterocycles. The number of rotatable bonds is 4. The van der Waals surface area contributed by atoms with Gasteiger partial charge in [-0.15, -0.1) is 0 Å². The molecule has 1 spiro atoms. The summed E-state index contributed by atoms with van der Waals surface area (Å²) in [5.41, 5.74) is 0.195. The van der Waals surface area contributed by atoms with E-state index >= 15 is 0 Å². The number of nitrogens with one attached hydrogen (secondary N) is 1. The third-order valence-corrected chi connectivity index (χ3v) is 6.23. The number of hydrogen-bond acceptors (Lipinski definition) is 4. The molecule has 3 unspecified atom stereocenters. The van der Waals surface area contributed by atoms with Gasteiger partial charge in [0.1, 0.15) is 0 Å².